The van der Waals surface area contributed by atoms with Gasteiger partial charge in [0, 0.05) is 5.56 Å². The van der Waals surface area contributed by atoms with Crippen LogP contribution in [0.2, 0.25) is 0 Å². The lowest BCUT2D eigenvalue weighted by Crippen LogP contribution is -2.45. The first kappa shape index (κ1) is 21.2. The van der Waals surface area contributed by atoms with E-state index in [1.807, 2.05) is 25.1 Å². The number of hydrogen-bond donors (Lipinski definition) is 1. The minimum atomic E-state index is -0.369. The van der Waals surface area contributed by atoms with Crippen molar-refractivity contribution in [1.29, 1.82) is 0 Å². The molecule has 0 saturated heterocycles. The van der Waals surface area contributed by atoms with Crippen molar-refractivity contribution in [1.82, 2.24) is 5.32 Å². The summed E-state index contributed by atoms with van der Waals surface area (Å²) in [6.45, 7) is 1.58. The Balaban J connectivity index is 1.45. The number of amides is 2. The summed E-state index contributed by atoms with van der Waals surface area (Å²) in [4.78, 5) is 38.9. The van der Waals surface area contributed by atoms with Crippen molar-refractivity contribution in [3.8, 4) is 11.5 Å². The van der Waals surface area contributed by atoms with E-state index in [0.717, 1.165) is 5.56 Å². The first-order valence-electron chi connectivity index (χ1n) is 10.1. The summed E-state index contributed by atoms with van der Waals surface area (Å²) in [6.07, 6.45) is 1.52. The number of carbonyl (C=O) groups is 3. The van der Waals surface area contributed by atoms with Crippen molar-refractivity contribution in [3.63, 3.8) is 0 Å². The molecule has 0 aliphatic carbocycles. The normalized spacial score (nSPS) is 12.7. The van der Waals surface area contributed by atoms with Gasteiger partial charge in [0.15, 0.2) is 19.0 Å². The monoisotopic (exact) mass is 434 g/mol. The summed E-state index contributed by atoms with van der Waals surface area (Å²) < 4.78 is 16.3. The Labute approximate surface area is 184 Å². The molecule has 1 aliphatic heterocycles. The van der Waals surface area contributed by atoms with E-state index in [2.05, 4.69) is 5.32 Å². The number of nitrogens with one attached hydrogen (secondary N) is 1. The zero-order valence-corrected chi connectivity index (χ0v) is 17.5. The molecule has 0 saturated carbocycles. The fourth-order valence-electron chi connectivity index (χ4n) is 3.29. The second kappa shape index (κ2) is 9.38. The van der Waals surface area contributed by atoms with Gasteiger partial charge in [-0.25, -0.2) is 0 Å². The number of rotatable bonds is 8. The van der Waals surface area contributed by atoms with Gasteiger partial charge in [0.05, 0.1) is 18.5 Å². The maximum Gasteiger partial charge on any atom is 0.265 e. The molecular weight excluding hydrogens is 412 g/mol. The van der Waals surface area contributed by atoms with E-state index in [1.54, 1.807) is 36.4 Å². The van der Waals surface area contributed by atoms with Crippen LogP contribution in [0.5, 0.6) is 11.5 Å². The number of carbonyl (C=O) groups excluding carboxylic acids is 3. The lowest BCUT2D eigenvalue weighted by molar-refractivity contribution is -0.125. The average Bonchev–Trinajstić information content (AvgIpc) is 3.32. The van der Waals surface area contributed by atoms with Gasteiger partial charge in [0.1, 0.15) is 23.8 Å². The van der Waals surface area contributed by atoms with Crippen LogP contribution in [0.25, 0.3) is 0 Å². The molecule has 3 aromatic rings. The van der Waals surface area contributed by atoms with E-state index in [-0.39, 0.29) is 43.9 Å². The van der Waals surface area contributed by atoms with E-state index >= 15 is 0 Å². The van der Waals surface area contributed by atoms with Gasteiger partial charge in [-0.3, -0.25) is 19.3 Å². The van der Waals surface area contributed by atoms with E-state index in [4.69, 9.17) is 13.9 Å². The molecule has 2 heterocycles. The molecule has 8 nitrogen and oxygen atoms in total. The predicted octanol–water partition coefficient (Wildman–Crippen LogP) is 2.89. The number of anilines is 1. The number of benzene rings is 2. The highest BCUT2D eigenvalue weighted by molar-refractivity contribution is 6.04. The van der Waals surface area contributed by atoms with Crippen molar-refractivity contribution in [2.75, 3.05) is 24.7 Å². The maximum absolute atomic E-state index is 12.7. The van der Waals surface area contributed by atoms with E-state index in [0.29, 0.717) is 28.5 Å². The van der Waals surface area contributed by atoms with Gasteiger partial charge >= 0.3 is 0 Å². The Hall–Kier alpha value is -4.07. The lowest BCUT2D eigenvalue weighted by Gasteiger charge is -2.29. The average molecular weight is 434 g/mol. The fourth-order valence-corrected chi connectivity index (χ4v) is 3.29. The number of para-hydroxylation sites is 1. The number of nitrogens with zero attached hydrogens (tertiary/aromatic N) is 1. The van der Waals surface area contributed by atoms with Gasteiger partial charge in [-0.05, 0) is 48.9 Å². The minimum Gasteiger partial charge on any atom is -0.485 e. The summed E-state index contributed by atoms with van der Waals surface area (Å²) in [7, 11) is 0. The molecule has 0 fully saturated rings. The van der Waals surface area contributed by atoms with Gasteiger partial charge in [-0.15, -0.1) is 0 Å². The van der Waals surface area contributed by atoms with Gasteiger partial charge in [-0.2, -0.15) is 0 Å². The van der Waals surface area contributed by atoms with E-state index < -0.39 is 0 Å². The number of furan rings is 1. The van der Waals surface area contributed by atoms with Crippen LogP contribution in [-0.4, -0.2) is 37.4 Å². The zero-order chi connectivity index (χ0) is 22.5. The third-order valence-corrected chi connectivity index (χ3v) is 5.02. The van der Waals surface area contributed by atoms with Crippen molar-refractivity contribution >= 4 is 23.3 Å². The molecule has 1 N–H and O–H groups in total. The molecule has 0 bridgehead atoms. The number of aryl methyl sites for hydroxylation is 1. The summed E-state index contributed by atoms with van der Waals surface area (Å²) >= 11 is 0. The SMILES string of the molecule is Cc1ccccc1OCC(=O)c1ccc2c(c1)N(CC(=O)NCc1ccco1)C(=O)CO2. The van der Waals surface area contributed by atoms with Gasteiger partial charge in [0.2, 0.25) is 5.91 Å². The van der Waals surface area contributed by atoms with Crippen LogP contribution in [0, 0.1) is 6.92 Å². The zero-order valence-electron chi connectivity index (χ0n) is 17.5. The van der Waals surface area contributed by atoms with Crippen LogP contribution in [0.3, 0.4) is 0 Å². The van der Waals surface area contributed by atoms with Crippen molar-refractivity contribution in [3.05, 3.63) is 77.7 Å². The highest BCUT2D eigenvalue weighted by atomic mass is 16.5. The van der Waals surface area contributed by atoms with Crippen molar-refractivity contribution in [2.45, 2.75) is 13.5 Å². The van der Waals surface area contributed by atoms with Crippen LogP contribution in [0.1, 0.15) is 21.7 Å². The van der Waals surface area contributed by atoms with Gasteiger partial charge in [0.25, 0.3) is 5.91 Å². The Bertz CT molecular complexity index is 1140. The molecule has 8 heteroatoms. The Morgan fingerprint density at radius 2 is 1.97 bits per heavy atom. The Morgan fingerprint density at radius 3 is 2.75 bits per heavy atom. The molecule has 2 amide bonds. The van der Waals surface area contributed by atoms with Crippen LogP contribution in [0.4, 0.5) is 5.69 Å². The largest absolute Gasteiger partial charge is 0.485 e. The third-order valence-electron chi connectivity index (χ3n) is 5.02. The molecule has 1 aliphatic rings. The highest BCUT2D eigenvalue weighted by Gasteiger charge is 2.28. The highest BCUT2D eigenvalue weighted by Crippen LogP contribution is 2.33. The van der Waals surface area contributed by atoms with Crippen molar-refractivity contribution in [2.24, 2.45) is 0 Å². The molecule has 0 radical (unpaired) electrons. The van der Waals surface area contributed by atoms with E-state index in [9.17, 15) is 14.4 Å². The lowest BCUT2D eigenvalue weighted by atomic mass is 10.1. The summed E-state index contributed by atoms with van der Waals surface area (Å²) in [6, 6.07) is 15.7. The van der Waals surface area contributed by atoms with Gasteiger partial charge in [-0.1, -0.05) is 18.2 Å². The number of Topliss-reactive ketones (excluding diaryl/α,β-unsaturated/α-hetero) is 1. The first-order chi connectivity index (χ1) is 15.5. The van der Waals surface area contributed by atoms with Crippen LogP contribution >= 0.6 is 0 Å². The molecule has 0 spiro atoms. The quantitative estimate of drug-likeness (QED) is 0.548. The summed E-state index contributed by atoms with van der Waals surface area (Å²) in [5.74, 6) is 0.686. The topological polar surface area (TPSA) is 98.1 Å². The van der Waals surface area contributed by atoms with Crippen LogP contribution < -0.4 is 19.7 Å². The third kappa shape index (κ3) is 4.80. The standard InChI is InChI=1S/C24H22N2O6/c1-16-5-2-3-7-21(16)31-14-20(27)17-8-9-22-19(11-17)26(24(29)15-32-22)13-23(28)25-12-18-6-4-10-30-18/h2-11H,12-15H2,1H3,(H,25,28). The van der Waals surface area contributed by atoms with Gasteiger partial charge < -0.3 is 19.2 Å². The Morgan fingerprint density at radius 1 is 1.12 bits per heavy atom. The number of ether oxygens (including phenoxy) is 2. The Kier molecular flexibility index (Phi) is 6.21. The van der Waals surface area contributed by atoms with Crippen LogP contribution in [0.15, 0.2) is 65.3 Å². The summed E-state index contributed by atoms with van der Waals surface area (Å²) in [5.41, 5.74) is 1.66. The maximum atomic E-state index is 12.7. The second-order valence-electron chi connectivity index (χ2n) is 7.28. The van der Waals surface area contributed by atoms with Crippen molar-refractivity contribution < 1.29 is 28.3 Å². The molecular formula is C24H22N2O6. The number of ketones is 1. The van der Waals surface area contributed by atoms with E-state index in [1.165, 1.54) is 11.2 Å². The molecule has 4 rings (SSSR count). The molecule has 0 atom stereocenters. The van der Waals surface area contributed by atoms with Crippen LogP contribution in [-0.2, 0) is 16.1 Å². The predicted molar refractivity (Wildman–Crippen MR) is 116 cm³/mol. The molecule has 2 aromatic carbocycles. The molecule has 1 aromatic heterocycles. The number of hydrogen-bond acceptors (Lipinski definition) is 6. The number of fused-ring (bicyclic) bond motifs is 1. The fraction of sp³-hybridized carbons (Fsp3) is 0.208. The smallest absolute Gasteiger partial charge is 0.265 e. The molecule has 32 heavy (non-hydrogen) atoms. The molecule has 0 unspecified atom stereocenters. The molecule has 164 valence electrons. The first-order valence-corrected chi connectivity index (χ1v) is 10.1. The minimum absolute atomic E-state index is 0.151. The second-order valence-corrected chi connectivity index (χ2v) is 7.28. The summed E-state index contributed by atoms with van der Waals surface area (Å²) in [5, 5.41) is 2.71.